The Balaban J connectivity index is 2.38. The zero-order valence-corrected chi connectivity index (χ0v) is 11.1. The number of aromatic nitrogens is 1. The fourth-order valence-corrected chi connectivity index (χ4v) is 2.15. The van der Waals surface area contributed by atoms with Crippen LogP contribution in [0.15, 0.2) is 22.6 Å². The molecule has 3 heteroatoms. The van der Waals surface area contributed by atoms with Crippen molar-refractivity contribution in [2.45, 2.75) is 32.6 Å². The number of rotatable bonds is 3. The van der Waals surface area contributed by atoms with Crippen LogP contribution in [0.3, 0.4) is 0 Å². The highest BCUT2D eigenvalue weighted by Gasteiger charge is 2.12. The first-order valence-electron chi connectivity index (χ1n) is 5.26. The molecule has 0 unspecified atom stereocenters. The molecule has 0 N–H and O–H groups in total. The summed E-state index contributed by atoms with van der Waals surface area (Å²) >= 11 is 2.28. The minimum Gasteiger partial charge on any atom is -0.440 e. The molecule has 0 saturated carbocycles. The van der Waals surface area contributed by atoms with Crippen LogP contribution in [-0.4, -0.2) is 4.98 Å². The van der Waals surface area contributed by atoms with Crippen molar-refractivity contribution >= 4 is 33.7 Å². The number of fused-ring (bicyclic) bond motifs is 1. The van der Waals surface area contributed by atoms with Crippen molar-refractivity contribution in [3.63, 3.8) is 0 Å². The van der Waals surface area contributed by atoms with E-state index < -0.39 is 0 Å². The summed E-state index contributed by atoms with van der Waals surface area (Å²) in [5.41, 5.74) is 1.87. The van der Waals surface area contributed by atoms with Crippen LogP contribution in [0.5, 0.6) is 0 Å². The molecule has 1 aromatic heterocycles. The molecule has 0 bridgehead atoms. The van der Waals surface area contributed by atoms with E-state index in [-0.39, 0.29) is 0 Å². The van der Waals surface area contributed by atoms with Gasteiger partial charge in [-0.05, 0) is 47.2 Å². The zero-order chi connectivity index (χ0) is 10.8. The lowest BCUT2D eigenvalue weighted by Crippen LogP contribution is -1.91. The largest absolute Gasteiger partial charge is 0.440 e. The van der Waals surface area contributed by atoms with E-state index in [1.54, 1.807) is 0 Å². The summed E-state index contributed by atoms with van der Waals surface area (Å²) in [6.45, 7) is 4.35. The Hall–Kier alpha value is -0.580. The summed E-state index contributed by atoms with van der Waals surface area (Å²) in [6, 6.07) is 6.10. The number of hydrogen-bond acceptors (Lipinski definition) is 2. The van der Waals surface area contributed by atoms with Gasteiger partial charge in [0.05, 0.1) is 0 Å². The number of hydrogen-bond donors (Lipinski definition) is 0. The lowest BCUT2D eigenvalue weighted by molar-refractivity contribution is 0.467. The topological polar surface area (TPSA) is 26.0 Å². The lowest BCUT2D eigenvalue weighted by atomic mass is 10.1. The summed E-state index contributed by atoms with van der Waals surface area (Å²) in [6.07, 6.45) is 2.29. The monoisotopic (exact) mass is 315 g/mol. The first-order chi connectivity index (χ1) is 7.20. The second-order valence-electron chi connectivity index (χ2n) is 3.85. The maximum absolute atomic E-state index is 5.75. The maximum Gasteiger partial charge on any atom is 0.198 e. The Bertz CT molecular complexity index is 464. The average molecular weight is 315 g/mol. The first-order valence-corrected chi connectivity index (χ1v) is 6.34. The van der Waals surface area contributed by atoms with Crippen molar-refractivity contribution in [1.82, 2.24) is 4.98 Å². The van der Waals surface area contributed by atoms with Gasteiger partial charge in [0.2, 0.25) is 0 Å². The van der Waals surface area contributed by atoms with Crippen molar-refractivity contribution in [1.29, 1.82) is 0 Å². The second kappa shape index (κ2) is 4.51. The van der Waals surface area contributed by atoms with Crippen LogP contribution in [0, 0.1) is 3.57 Å². The van der Waals surface area contributed by atoms with Crippen molar-refractivity contribution in [3.8, 4) is 0 Å². The smallest absolute Gasteiger partial charge is 0.198 e. The summed E-state index contributed by atoms with van der Waals surface area (Å²) in [5.74, 6) is 1.29. The Morgan fingerprint density at radius 3 is 3.00 bits per heavy atom. The van der Waals surface area contributed by atoms with Gasteiger partial charge in [0.1, 0.15) is 5.52 Å². The molecule has 0 radical (unpaired) electrons. The van der Waals surface area contributed by atoms with E-state index in [0.717, 1.165) is 29.8 Å². The normalized spacial score (nSPS) is 13.3. The average Bonchev–Trinajstić information content (AvgIpc) is 2.60. The molecule has 0 aliphatic heterocycles. The van der Waals surface area contributed by atoms with E-state index in [2.05, 4.69) is 47.5 Å². The SMILES string of the molecule is CCC[C@H](C)c1nc2ccc(I)cc2o1. The Labute approximate surface area is 103 Å². The molecule has 15 heavy (non-hydrogen) atoms. The van der Waals surface area contributed by atoms with Crippen LogP contribution in [0.1, 0.15) is 38.5 Å². The molecule has 0 aliphatic carbocycles. The van der Waals surface area contributed by atoms with Gasteiger partial charge >= 0.3 is 0 Å². The first kappa shape index (κ1) is 10.9. The maximum atomic E-state index is 5.75. The minimum absolute atomic E-state index is 0.417. The fraction of sp³-hybridized carbons (Fsp3) is 0.417. The Kier molecular flexibility index (Phi) is 3.29. The highest BCUT2D eigenvalue weighted by molar-refractivity contribution is 14.1. The molecular formula is C12H14INO. The van der Waals surface area contributed by atoms with Crippen molar-refractivity contribution < 1.29 is 4.42 Å². The molecule has 0 spiro atoms. The third-order valence-electron chi connectivity index (χ3n) is 2.51. The molecule has 1 heterocycles. The highest BCUT2D eigenvalue weighted by atomic mass is 127. The van der Waals surface area contributed by atoms with E-state index in [0.29, 0.717) is 5.92 Å². The molecule has 2 rings (SSSR count). The molecular weight excluding hydrogens is 301 g/mol. The predicted molar refractivity (Wildman–Crippen MR) is 70.0 cm³/mol. The van der Waals surface area contributed by atoms with Crippen molar-refractivity contribution in [2.24, 2.45) is 0 Å². The van der Waals surface area contributed by atoms with Gasteiger partial charge in [0.25, 0.3) is 0 Å². The standard InChI is InChI=1S/C12H14INO/c1-3-4-8(2)12-14-10-6-5-9(13)7-11(10)15-12/h5-8H,3-4H2,1-2H3/t8-/m0/s1. The second-order valence-corrected chi connectivity index (χ2v) is 5.10. The minimum atomic E-state index is 0.417. The Morgan fingerprint density at radius 2 is 2.27 bits per heavy atom. The number of oxazole rings is 1. The predicted octanol–water partition coefficient (Wildman–Crippen LogP) is 4.34. The third-order valence-corrected chi connectivity index (χ3v) is 3.18. The summed E-state index contributed by atoms with van der Waals surface area (Å²) < 4.78 is 6.93. The fourth-order valence-electron chi connectivity index (χ4n) is 1.68. The molecule has 1 aromatic carbocycles. The van der Waals surface area contributed by atoms with Crippen LogP contribution in [-0.2, 0) is 0 Å². The summed E-state index contributed by atoms with van der Waals surface area (Å²) in [5, 5.41) is 0. The van der Waals surface area contributed by atoms with Crippen molar-refractivity contribution in [3.05, 3.63) is 27.7 Å². The molecule has 2 aromatic rings. The lowest BCUT2D eigenvalue weighted by Gasteiger charge is -2.02. The van der Waals surface area contributed by atoms with Crippen molar-refractivity contribution in [2.75, 3.05) is 0 Å². The Morgan fingerprint density at radius 1 is 1.47 bits per heavy atom. The third kappa shape index (κ3) is 2.33. The highest BCUT2D eigenvalue weighted by Crippen LogP contribution is 2.25. The van der Waals surface area contributed by atoms with Gasteiger partial charge in [0, 0.05) is 9.49 Å². The van der Waals surface area contributed by atoms with Gasteiger partial charge in [-0.25, -0.2) is 4.98 Å². The van der Waals surface area contributed by atoms with E-state index in [1.165, 1.54) is 3.57 Å². The molecule has 0 fully saturated rings. The molecule has 0 amide bonds. The molecule has 0 aliphatic rings. The van der Waals surface area contributed by atoms with Gasteiger partial charge < -0.3 is 4.42 Å². The molecule has 2 nitrogen and oxygen atoms in total. The van der Waals surface area contributed by atoms with E-state index >= 15 is 0 Å². The number of benzene rings is 1. The molecule has 1 atom stereocenters. The van der Waals surface area contributed by atoms with Gasteiger partial charge in [-0.15, -0.1) is 0 Å². The van der Waals surface area contributed by atoms with Crippen LogP contribution in [0.4, 0.5) is 0 Å². The van der Waals surface area contributed by atoms with Crippen LogP contribution in [0.25, 0.3) is 11.1 Å². The molecule has 0 saturated heterocycles. The van der Waals surface area contributed by atoms with Gasteiger partial charge in [0.15, 0.2) is 11.5 Å². The quantitative estimate of drug-likeness (QED) is 0.788. The summed E-state index contributed by atoms with van der Waals surface area (Å²) in [7, 11) is 0. The van der Waals surface area contributed by atoms with E-state index in [9.17, 15) is 0 Å². The molecule has 80 valence electrons. The van der Waals surface area contributed by atoms with Crippen LogP contribution < -0.4 is 0 Å². The van der Waals surface area contributed by atoms with Crippen LogP contribution in [0.2, 0.25) is 0 Å². The zero-order valence-electron chi connectivity index (χ0n) is 8.96. The van der Waals surface area contributed by atoms with E-state index in [4.69, 9.17) is 4.42 Å². The number of nitrogens with zero attached hydrogens (tertiary/aromatic N) is 1. The van der Waals surface area contributed by atoms with E-state index in [1.807, 2.05) is 12.1 Å². The van der Waals surface area contributed by atoms with Gasteiger partial charge in [-0.2, -0.15) is 0 Å². The van der Waals surface area contributed by atoms with Crippen LogP contribution >= 0.6 is 22.6 Å². The van der Waals surface area contributed by atoms with Gasteiger partial charge in [-0.1, -0.05) is 20.3 Å². The number of halogens is 1. The van der Waals surface area contributed by atoms with Gasteiger partial charge in [-0.3, -0.25) is 0 Å². The summed E-state index contributed by atoms with van der Waals surface area (Å²) in [4.78, 5) is 4.50.